The molecule has 1 aromatic heterocycles. The Morgan fingerprint density at radius 3 is 2.52 bits per heavy atom. The number of unbranched alkanes of at least 4 members (excludes halogenated alkanes) is 2. The number of carbonyl (C=O) groups is 1. The van der Waals surface area contributed by atoms with Crippen molar-refractivity contribution in [2.75, 3.05) is 18.5 Å². The number of nitrogens with one attached hydrogen (secondary N) is 1. The van der Waals surface area contributed by atoms with Gasteiger partial charge in [-0.3, -0.25) is 4.79 Å². The predicted octanol–water partition coefficient (Wildman–Crippen LogP) is 4.18. The maximum absolute atomic E-state index is 12.5. The molecular formula is C18H30N2O3. The number of pyridine rings is 1. The first-order chi connectivity index (χ1) is 11.1. The highest BCUT2D eigenvalue weighted by Crippen LogP contribution is 2.22. The summed E-state index contributed by atoms with van der Waals surface area (Å²) in [5, 5.41) is 2.89. The van der Waals surface area contributed by atoms with Gasteiger partial charge in [-0.25, -0.2) is 4.98 Å². The van der Waals surface area contributed by atoms with Crippen molar-refractivity contribution in [3.63, 3.8) is 0 Å². The van der Waals surface area contributed by atoms with E-state index in [1.807, 2.05) is 13.8 Å². The summed E-state index contributed by atoms with van der Waals surface area (Å²) in [6.07, 6.45) is 6.39. The second kappa shape index (κ2) is 10.2. The lowest BCUT2D eigenvalue weighted by Gasteiger charge is -2.28. The standard InChI is InChI=1S/C18H30N2O3/c1-5-8-12-18(4,23-7-3)17(21)20-15-10-11-16(19-14-15)22-13-9-6-2/h10-11,14H,5-9,12-13H2,1-4H3,(H,20,21)/t18-/m1/s1. The maximum Gasteiger partial charge on any atom is 0.256 e. The Bertz CT molecular complexity index is 462. The molecule has 0 saturated heterocycles. The fraction of sp³-hybridized carbons (Fsp3) is 0.667. The van der Waals surface area contributed by atoms with Gasteiger partial charge in [-0.2, -0.15) is 0 Å². The van der Waals surface area contributed by atoms with Crippen LogP contribution in [-0.4, -0.2) is 29.7 Å². The zero-order chi connectivity index (χ0) is 17.1. The largest absolute Gasteiger partial charge is 0.478 e. The number of carbonyl (C=O) groups excluding carboxylic acids is 1. The van der Waals surface area contributed by atoms with Crippen LogP contribution >= 0.6 is 0 Å². The van der Waals surface area contributed by atoms with E-state index in [-0.39, 0.29) is 5.91 Å². The van der Waals surface area contributed by atoms with Gasteiger partial charge in [0.2, 0.25) is 5.88 Å². The van der Waals surface area contributed by atoms with Gasteiger partial charge in [0.05, 0.1) is 18.5 Å². The summed E-state index contributed by atoms with van der Waals surface area (Å²) in [4.78, 5) is 16.7. The number of nitrogens with zero attached hydrogens (tertiary/aromatic N) is 1. The van der Waals surface area contributed by atoms with Gasteiger partial charge < -0.3 is 14.8 Å². The molecule has 0 saturated carbocycles. The maximum atomic E-state index is 12.5. The van der Waals surface area contributed by atoms with Gasteiger partial charge in [0.1, 0.15) is 5.60 Å². The minimum absolute atomic E-state index is 0.130. The molecule has 1 N–H and O–H groups in total. The van der Waals surface area contributed by atoms with Gasteiger partial charge in [-0.15, -0.1) is 0 Å². The topological polar surface area (TPSA) is 60.5 Å². The number of hydrogen-bond donors (Lipinski definition) is 1. The van der Waals surface area contributed by atoms with Crippen LogP contribution < -0.4 is 10.1 Å². The van der Waals surface area contributed by atoms with E-state index < -0.39 is 5.60 Å². The third-order valence-electron chi connectivity index (χ3n) is 3.69. The second-order valence-corrected chi connectivity index (χ2v) is 5.81. The number of aromatic nitrogens is 1. The summed E-state index contributed by atoms with van der Waals surface area (Å²) in [5.41, 5.74) is -0.151. The minimum Gasteiger partial charge on any atom is -0.478 e. The van der Waals surface area contributed by atoms with Crippen molar-refractivity contribution >= 4 is 11.6 Å². The van der Waals surface area contributed by atoms with Crippen molar-refractivity contribution in [3.05, 3.63) is 18.3 Å². The number of amides is 1. The Labute approximate surface area is 139 Å². The monoisotopic (exact) mass is 322 g/mol. The van der Waals surface area contributed by atoms with Gasteiger partial charge in [-0.1, -0.05) is 33.1 Å². The van der Waals surface area contributed by atoms with Crippen LogP contribution in [0.25, 0.3) is 0 Å². The molecule has 0 radical (unpaired) electrons. The second-order valence-electron chi connectivity index (χ2n) is 5.81. The van der Waals surface area contributed by atoms with Gasteiger partial charge in [0.15, 0.2) is 0 Å². The van der Waals surface area contributed by atoms with Gasteiger partial charge in [-0.05, 0) is 32.8 Å². The molecule has 130 valence electrons. The zero-order valence-corrected chi connectivity index (χ0v) is 14.9. The van der Waals surface area contributed by atoms with Crippen LogP contribution in [0.2, 0.25) is 0 Å². The highest BCUT2D eigenvalue weighted by Gasteiger charge is 2.33. The van der Waals surface area contributed by atoms with E-state index in [4.69, 9.17) is 9.47 Å². The first-order valence-corrected chi connectivity index (χ1v) is 8.60. The van der Waals surface area contributed by atoms with E-state index in [1.165, 1.54) is 0 Å². The van der Waals surface area contributed by atoms with E-state index in [0.717, 1.165) is 25.7 Å². The predicted molar refractivity (Wildman–Crippen MR) is 92.8 cm³/mol. The molecule has 0 fully saturated rings. The summed E-state index contributed by atoms with van der Waals surface area (Å²) >= 11 is 0. The Balaban J connectivity index is 2.63. The number of rotatable bonds is 11. The fourth-order valence-electron chi connectivity index (χ4n) is 2.21. The highest BCUT2D eigenvalue weighted by atomic mass is 16.5. The molecule has 1 rings (SSSR count). The third-order valence-corrected chi connectivity index (χ3v) is 3.69. The number of ether oxygens (including phenoxy) is 2. The molecule has 0 bridgehead atoms. The van der Waals surface area contributed by atoms with Crippen molar-refractivity contribution in [1.82, 2.24) is 4.98 Å². The average molecular weight is 322 g/mol. The smallest absolute Gasteiger partial charge is 0.256 e. The lowest BCUT2D eigenvalue weighted by Crippen LogP contribution is -2.42. The molecule has 1 aromatic rings. The van der Waals surface area contributed by atoms with Crippen LogP contribution in [0, 0.1) is 0 Å². The Morgan fingerprint density at radius 2 is 1.96 bits per heavy atom. The van der Waals surface area contributed by atoms with Crippen LogP contribution in [0.3, 0.4) is 0 Å². The molecule has 5 heteroatoms. The first-order valence-electron chi connectivity index (χ1n) is 8.60. The van der Waals surface area contributed by atoms with Crippen molar-refractivity contribution < 1.29 is 14.3 Å². The molecule has 0 unspecified atom stereocenters. The van der Waals surface area contributed by atoms with Crippen LogP contribution in [0.1, 0.15) is 59.8 Å². The van der Waals surface area contributed by atoms with E-state index in [2.05, 4.69) is 24.1 Å². The van der Waals surface area contributed by atoms with E-state index in [9.17, 15) is 4.79 Å². The Hall–Kier alpha value is -1.62. The summed E-state index contributed by atoms with van der Waals surface area (Å²) in [7, 11) is 0. The highest BCUT2D eigenvalue weighted by molar-refractivity contribution is 5.96. The van der Waals surface area contributed by atoms with E-state index in [1.54, 1.807) is 18.3 Å². The summed E-state index contributed by atoms with van der Waals surface area (Å²) in [6, 6.07) is 3.58. The van der Waals surface area contributed by atoms with Crippen molar-refractivity contribution in [1.29, 1.82) is 0 Å². The molecule has 0 aliphatic rings. The van der Waals surface area contributed by atoms with Crippen molar-refractivity contribution in [2.45, 2.75) is 65.4 Å². The summed E-state index contributed by atoms with van der Waals surface area (Å²) in [5.74, 6) is 0.448. The van der Waals surface area contributed by atoms with Gasteiger partial charge in [0.25, 0.3) is 5.91 Å². The summed E-state index contributed by atoms with van der Waals surface area (Å²) < 4.78 is 11.2. The first kappa shape index (κ1) is 19.4. The minimum atomic E-state index is -0.805. The van der Waals surface area contributed by atoms with Crippen LogP contribution in [0.5, 0.6) is 5.88 Å². The normalized spacial score (nSPS) is 13.4. The molecule has 23 heavy (non-hydrogen) atoms. The average Bonchev–Trinajstić information content (AvgIpc) is 2.55. The zero-order valence-electron chi connectivity index (χ0n) is 14.9. The fourth-order valence-corrected chi connectivity index (χ4v) is 2.21. The number of anilines is 1. The number of hydrogen-bond acceptors (Lipinski definition) is 4. The lowest BCUT2D eigenvalue weighted by atomic mass is 9.97. The molecule has 0 aromatic carbocycles. The van der Waals surface area contributed by atoms with Crippen molar-refractivity contribution in [3.8, 4) is 5.88 Å². The van der Waals surface area contributed by atoms with Crippen LogP contribution in [0.4, 0.5) is 5.69 Å². The molecule has 1 amide bonds. The lowest BCUT2D eigenvalue weighted by molar-refractivity contribution is -0.139. The molecule has 1 atom stereocenters. The Morgan fingerprint density at radius 1 is 1.22 bits per heavy atom. The Kier molecular flexibility index (Phi) is 8.62. The molecular weight excluding hydrogens is 292 g/mol. The molecule has 1 heterocycles. The van der Waals surface area contributed by atoms with Gasteiger partial charge >= 0.3 is 0 Å². The van der Waals surface area contributed by atoms with Crippen molar-refractivity contribution in [2.24, 2.45) is 0 Å². The van der Waals surface area contributed by atoms with E-state index in [0.29, 0.717) is 31.2 Å². The molecule has 0 aliphatic carbocycles. The SMILES string of the molecule is CCCCOc1ccc(NC(=O)[C@@](C)(CCCC)OCC)cn1. The molecule has 5 nitrogen and oxygen atoms in total. The summed E-state index contributed by atoms with van der Waals surface area (Å²) in [6.45, 7) is 9.14. The quantitative estimate of drug-likeness (QED) is 0.621. The van der Waals surface area contributed by atoms with Gasteiger partial charge in [0, 0.05) is 12.7 Å². The van der Waals surface area contributed by atoms with Crippen LogP contribution in [0.15, 0.2) is 18.3 Å². The van der Waals surface area contributed by atoms with Crippen LogP contribution in [-0.2, 0) is 9.53 Å². The molecule has 0 aliphatic heterocycles. The van der Waals surface area contributed by atoms with E-state index >= 15 is 0 Å². The molecule has 0 spiro atoms. The third kappa shape index (κ3) is 6.57.